The number of aromatic hydroxyl groups is 1. The summed E-state index contributed by atoms with van der Waals surface area (Å²) in [5.41, 5.74) is 11.3. The van der Waals surface area contributed by atoms with Gasteiger partial charge in [0.15, 0.2) is 11.3 Å². The molecule has 2 aromatic heterocycles. The summed E-state index contributed by atoms with van der Waals surface area (Å²) < 4.78 is 43.9. The van der Waals surface area contributed by atoms with Crippen molar-refractivity contribution in [2.45, 2.75) is 46.3 Å². The number of unbranched alkanes of at least 4 members (excludes halogenated alkanes) is 1. The average molecular weight is 409 g/mol. The van der Waals surface area contributed by atoms with Crippen LogP contribution in [0.1, 0.15) is 46.9 Å². The predicted molar refractivity (Wildman–Crippen MR) is 103 cm³/mol. The molecule has 0 aliphatic heterocycles. The minimum Gasteiger partial charge on any atom is -0.508 e. The van der Waals surface area contributed by atoms with Crippen LogP contribution >= 0.6 is 0 Å². The smallest absolute Gasteiger partial charge is 0.433 e. The number of fused-ring (bicyclic) bond motifs is 1. The molecule has 0 saturated carbocycles. The first-order chi connectivity index (χ1) is 13.5. The third-order valence-corrected chi connectivity index (χ3v) is 4.96. The summed E-state index contributed by atoms with van der Waals surface area (Å²) in [6.07, 6.45) is -3.63. The van der Waals surface area contributed by atoms with E-state index in [4.69, 9.17) is 11.5 Å². The molecule has 3 aromatic rings. The maximum atomic E-state index is 13.9. The number of nitrogens with two attached hydrogens (primary N) is 2. The fourth-order valence-corrected chi connectivity index (χ4v) is 3.59. The second-order valence-corrected chi connectivity index (χ2v) is 6.96. The van der Waals surface area contributed by atoms with Crippen LogP contribution in [0.4, 0.5) is 19.0 Å². The largest absolute Gasteiger partial charge is 0.508 e. The highest BCUT2D eigenvalue weighted by atomic mass is 19.4. The van der Waals surface area contributed by atoms with Crippen molar-refractivity contribution in [3.63, 3.8) is 0 Å². The van der Waals surface area contributed by atoms with Crippen LogP contribution in [0, 0.1) is 13.8 Å². The number of hydrogen-bond acceptors (Lipinski definition) is 4. The van der Waals surface area contributed by atoms with Crippen LogP contribution in [0.3, 0.4) is 0 Å². The molecule has 2 heterocycles. The van der Waals surface area contributed by atoms with Gasteiger partial charge in [-0.05, 0) is 31.9 Å². The predicted octanol–water partition coefficient (Wildman–Crippen LogP) is 3.65. The second kappa shape index (κ2) is 7.02. The van der Waals surface area contributed by atoms with Gasteiger partial charge in [0.05, 0.1) is 16.6 Å². The molecule has 0 radical (unpaired) electrons. The fraction of sp³-hybridized carbons (Fsp3) is 0.368. The summed E-state index contributed by atoms with van der Waals surface area (Å²) in [4.78, 5) is 12.1. The molecule has 0 aliphatic carbocycles. The number of alkyl halides is 3. The Morgan fingerprint density at radius 2 is 1.93 bits per heavy atom. The molecule has 0 bridgehead atoms. The minimum absolute atomic E-state index is 0.0239. The van der Waals surface area contributed by atoms with Crippen molar-refractivity contribution >= 4 is 22.8 Å². The molecule has 29 heavy (non-hydrogen) atoms. The Hall–Kier alpha value is -3.17. The molecule has 0 fully saturated rings. The highest BCUT2D eigenvalue weighted by Crippen LogP contribution is 2.42. The van der Waals surface area contributed by atoms with E-state index in [0.717, 1.165) is 4.68 Å². The van der Waals surface area contributed by atoms with E-state index in [1.54, 1.807) is 19.9 Å². The molecule has 156 valence electrons. The van der Waals surface area contributed by atoms with Gasteiger partial charge < -0.3 is 16.6 Å². The summed E-state index contributed by atoms with van der Waals surface area (Å²) in [6, 6.07) is 3.08. The van der Waals surface area contributed by atoms with E-state index < -0.39 is 28.7 Å². The monoisotopic (exact) mass is 409 g/mol. The lowest BCUT2D eigenvalue weighted by molar-refractivity contribution is -0.143. The van der Waals surface area contributed by atoms with E-state index in [2.05, 4.69) is 5.10 Å². The van der Waals surface area contributed by atoms with Gasteiger partial charge in [-0.25, -0.2) is 0 Å². The number of aromatic nitrogens is 3. The molecule has 0 atom stereocenters. The molecule has 0 aliphatic rings. The minimum atomic E-state index is -4.77. The molecular formula is C19H22F3N5O2. The topological polar surface area (TPSA) is 112 Å². The zero-order chi connectivity index (χ0) is 21.7. The van der Waals surface area contributed by atoms with Crippen molar-refractivity contribution in [2.24, 2.45) is 5.73 Å². The number of aryl methyl sites for hydroxylation is 2. The van der Waals surface area contributed by atoms with Gasteiger partial charge in [-0.1, -0.05) is 19.4 Å². The highest BCUT2D eigenvalue weighted by molar-refractivity contribution is 6.12. The standard InChI is InChI=1S/C19H22F3N5O2/c1-4-5-8-26-15(19(20,21)22)12-13(17(24)29)16(23)27(18(12)25-26)14-9(2)6-7-11(28)10(14)3/h6-7,28H,4-5,8,23H2,1-3H3,(H2,24,29). The Bertz CT molecular complexity index is 1110. The molecule has 0 unspecified atom stereocenters. The van der Waals surface area contributed by atoms with Gasteiger partial charge in [0.25, 0.3) is 5.91 Å². The van der Waals surface area contributed by atoms with Gasteiger partial charge in [-0.3, -0.25) is 14.0 Å². The van der Waals surface area contributed by atoms with Gasteiger partial charge in [0, 0.05) is 12.1 Å². The number of carbonyl (C=O) groups is 1. The molecule has 7 nitrogen and oxygen atoms in total. The highest BCUT2D eigenvalue weighted by Gasteiger charge is 2.41. The third kappa shape index (κ3) is 3.18. The summed E-state index contributed by atoms with van der Waals surface area (Å²) in [7, 11) is 0. The molecular weight excluding hydrogens is 387 g/mol. The number of anilines is 1. The van der Waals surface area contributed by atoms with E-state index in [0.29, 0.717) is 29.7 Å². The van der Waals surface area contributed by atoms with E-state index in [1.807, 2.05) is 6.92 Å². The van der Waals surface area contributed by atoms with E-state index in [-0.39, 0.29) is 23.8 Å². The van der Waals surface area contributed by atoms with E-state index in [1.165, 1.54) is 10.6 Å². The number of amides is 1. The first-order valence-corrected chi connectivity index (χ1v) is 9.07. The number of halogens is 3. The first-order valence-electron chi connectivity index (χ1n) is 9.07. The molecule has 5 N–H and O–H groups in total. The molecule has 10 heteroatoms. The van der Waals surface area contributed by atoms with Gasteiger partial charge in [-0.2, -0.15) is 18.3 Å². The number of carbonyl (C=O) groups excluding carboxylic acids is 1. The lowest BCUT2D eigenvalue weighted by Crippen LogP contribution is -2.19. The van der Waals surface area contributed by atoms with E-state index >= 15 is 0 Å². The van der Waals surface area contributed by atoms with Gasteiger partial charge in [0.1, 0.15) is 11.6 Å². The lowest BCUT2D eigenvalue weighted by Gasteiger charge is -2.15. The summed E-state index contributed by atoms with van der Waals surface area (Å²) in [5, 5.41) is 13.8. The number of phenolic OH excluding ortho intramolecular Hbond substituents is 1. The fourth-order valence-electron chi connectivity index (χ4n) is 3.59. The summed E-state index contributed by atoms with van der Waals surface area (Å²) in [5.74, 6) is -1.39. The maximum Gasteiger partial charge on any atom is 0.433 e. The Kier molecular flexibility index (Phi) is 4.97. The van der Waals surface area contributed by atoms with Gasteiger partial charge >= 0.3 is 6.18 Å². The molecule has 0 saturated heterocycles. The SMILES string of the molecule is CCCCn1nc2c(c(C(N)=O)c(N)n2-c2c(C)ccc(O)c2C)c1C(F)(F)F. The van der Waals surface area contributed by atoms with Crippen molar-refractivity contribution in [2.75, 3.05) is 5.73 Å². The molecule has 1 aromatic carbocycles. The van der Waals surface area contributed by atoms with Crippen molar-refractivity contribution in [3.8, 4) is 11.4 Å². The number of hydrogen-bond donors (Lipinski definition) is 3. The van der Waals surface area contributed by atoms with Gasteiger partial charge in [-0.15, -0.1) is 0 Å². The quantitative estimate of drug-likeness (QED) is 0.597. The maximum absolute atomic E-state index is 13.9. The molecule has 3 rings (SSSR count). The zero-order valence-electron chi connectivity index (χ0n) is 16.3. The number of benzene rings is 1. The first kappa shape index (κ1) is 20.6. The van der Waals surface area contributed by atoms with Crippen LogP contribution in [0.2, 0.25) is 0 Å². The van der Waals surface area contributed by atoms with Crippen LogP contribution < -0.4 is 11.5 Å². The van der Waals surface area contributed by atoms with E-state index in [9.17, 15) is 23.1 Å². The Labute approximate surface area is 164 Å². The van der Waals surface area contributed by atoms with Gasteiger partial charge in [0.2, 0.25) is 0 Å². The number of rotatable bonds is 5. The summed E-state index contributed by atoms with van der Waals surface area (Å²) >= 11 is 0. The third-order valence-electron chi connectivity index (χ3n) is 4.96. The number of nitrogens with zero attached hydrogens (tertiary/aromatic N) is 3. The Morgan fingerprint density at radius 3 is 2.48 bits per heavy atom. The number of phenols is 1. The second-order valence-electron chi connectivity index (χ2n) is 6.96. The number of nitrogen functional groups attached to an aromatic ring is 1. The van der Waals surface area contributed by atoms with Crippen molar-refractivity contribution in [1.29, 1.82) is 0 Å². The zero-order valence-corrected chi connectivity index (χ0v) is 16.3. The van der Waals surface area contributed by atoms with Crippen LogP contribution in [0.25, 0.3) is 16.7 Å². The lowest BCUT2D eigenvalue weighted by atomic mass is 10.1. The Morgan fingerprint density at radius 1 is 1.28 bits per heavy atom. The molecule has 1 amide bonds. The Balaban J connectivity index is 2.51. The van der Waals surface area contributed by atoms with Crippen LogP contribution in [-0.4, -0.2) is 25.4 Å². The van der Waals surface area contributed by atoms with Crippen LogP contribution in [-0.2, 0) is 12.7 Å². The van der Waals surface area contributed by atoms with Crippen molar-refractivity contribution < 1.29 is 23.1 Å². The average Bonchev–Trinajstić information content (AvgIpc) is 3.10. The normalized spacial score (nSPS) is 12.1. The van der Waals surface area contributed by atoms with Crippen molar-refractivity contribution in [1.82, 2.24) is 14.3 Å². The van der Waals surface area contributed by atoms with Crippen molar-refractivity contribution in [3.05, 3.63) is 34.5 Å². The summed E-state index contributed by atoms with van der Waals surface area (Å²) in [6.45, 7) is 5.19. The molecule has 0 spiro atoms. The van der Waals surface area contributed by atoms with Crippen LogP contribution in [0.5, 0.6) is 5.75 Å². The van der Waals surface area contributed by atoms with Crippen LogP contribution in [0.15, 0.2) is 12.1 Å². The number of primary amides is 1.